The number of halogens is 4. The number of amides is 1. The van der Waals surface area contributed by atoms with Crippen LogP contribution < -0.4 is 14.8 Å². The van der Waals surface area contributed by atoms with Gasteiger partial charge in [0.1, 0.15) is 17.2 Å². The van der Waals surface area contributed by atoms with Gasteiger partial charge in [-0.1, -0.05) is 30.7 Å². The van der Waals surface area contributed by atoms with Gasteiger partial charge in [0.05, 0.1) is 35.3 Å². The molecule has 0 spiro atoms. The van der Waals surface area contributed by atoms with Crippen LogP contribution in [0.15, 0.2) is 73.1 Å². The molecule has 1 aromatic heterocycles. The predicted molar refractivity (Wildman–Crippen MR) is 137 cm³/mol. The Balaban J connectivity index is 1.22. The van der Waals surface area contributed by atoms with E-state index < -0.39 is 17.6 Å². The summed E-state index contributed by atoms with van der Waals surface area (Å²) in [6, 6.07) is 14.7. The Morgan fingerprint density at radius 2 is 1.79 bits per heavy atom. The fourth-order valence-electron chi connectivity index (χ4n) is 4.00. The van der Waals surface area contributed by atoms with E-state index in [1.54, 1.807) is 30.3 Å². The second-order valence-electron chi connectivity index (χ2n) is 8.80. The summed E-state index contributed by atoms with van der Waals surface area (Å²) in [5.41, 5.74) is 1.51. The monoisotopic (exact) mass is 539 g/mol. The number of carbonyl (C=O) groups is 1. The van der Waals surface area contributed by atoms with Crippen molar-refractivity contribution in [2.45, 2.75) is 25.4 Å². The fourth-order valence-corrected chi connectivity index (χ4v) is 4.21. The van der Waals surface area contributed by atoms with Crippen molar-refractivity contribution in [3.8, 4) is 28.5 Å². The molecule has 3 aromatic carbocycles. The zero-order chi connectivity index (χ0) is 26.9. The van der Waals surface area contributed by atoms with Crippen LogP contribution in [0, 0.1) is 0 Å². The lowest BCUT2D eigenvalue weighted by atomic mass is 9.95. The molecular weight excluding hydrogens is 519 g/mol. The highest BCUT2D eigenvalue weighted by Gasteiger charge is 2.30. The molecule has 1 atom stereocenters. The fraction of sp³-hybridized carbons (Fsp3) is 0.179. The quantitative estimate of drug-likeness (QED) is 0.281. The Bertz CT molecular complexity index is 1460. The van der Waals surface area contributed by atoms with Crippen LogP contribution >= 0.6 is 11.6 Å². The number of rotatable bonds is 5. The van der Waals surface area contributed by atoms with Crippen LogP contribution in [0.25, 0.3) is 11.3 Å². The van der Waals surface area contributed by atoms with Crippen molar-refractivity contribution < 1.29 is 27.4 Å². The van der Waals surface area contributed by atoms with Crippen LogP contribution in [-0.4, -0.2) is 22.5 Å². The third-order valence-corrected chi connectivity index (χ3v) is 6.44. The predicted octanol–water partition coefficient (Wildman–Crippen LogP) is 7.75. The summed E-state index contributed by atoms with van der Waals surface area (Å²) in [5, 5.41) is 3.12. The van der Waals surface area contributed by atoms with Gasteiger partial charge in [-0.15, -0.1) is 0 Å². The zero-order valence-corrected chi connectivity index (χ0v) is 20.8. The van der Waals surface area contributed by atoms with E-state index in [1.165, 1.54) is 24.5 Å². The maximum absolute atomic E-state index is 12.8. The maximum atomic E-state index is 12.8. The number of carbonyl (C=O) groups excluding carboxylic acids is 1. The first-order valence-electron chi connectivity index (χ1n) is 11.7. The van der Waals surface area contributed by atoms with E-state index in [0.717, 1.165) is 29.9 Å². The summed E-state index contributed by atoms with van der Waals surface area (Å²) in [4.78, 5) is 21.0. The standard InChI is InChI=1S/C28H21ClF3N3O3/c1-16-10-11-37-24-13-25(22(29)12-21(16)24)38-20-8-4-18(5-9-20)27(36)35-26-15-33-23(14-34-26)17-2-6-19(7-3-17)28(30,31)32/h2-9,12-16H,10-11H2,1H3,(H,34,35,36). The van der Waals surface area contributed by atoms with E-state index in [-0.39, 0.29) is 5.82 Å². The van der Waals surface area contributed by atoms with Gasteiger partial charge in [0.2, 0.25) is 0 Å². The summed E-state index contributed by atoms with van der Waals surface area (Å²) in [6.07, 6.45) is -0.766. The topological polar surface area (TPSA) is 73.3 Å². The second-order valence-corrected chi connectivity index (χ2v) is 9.21. The smallest absolute Gasteiger partial charge is 0.416 e. The molecule has 0 saturated heterocycles. The number of anilines is 1. The number of hydrogen-bond acceptors (Lipinski definition) is 5. The molecule has 38 heavy (non-hydrogen) atoms. The van der Waals surface area contributed by atoms with Crippen LogP contribution in [0.4, 0.5) is 19.0 Å². The summed E-state index contributed by atoms with van der Waals surface area (Å²) in [7, 11) is 0. The van der Waals surface area contributed by atoms with Crippen molar-refractivity contribution in [2.75, 3.05) is 11.9 Å². The summed E-state index contributed by atoms with van der Waals surface area (Å²) >= 11 is 6.42. The molecule has 1 amide bonds. The Hall–Kier alpha value is -4.11. The number of hydrogen-bond donors (Lipinski definition) is 1. The Kier molecular flexibility index (Phi) is 6.94. The van der Waals surface area contributed by atoms with Crippen molar-refractivity contribution in [1.82, 2.24) is 9.97 Å². The first-order valence-corrected chi connectivity index (χ1v) is 12.1. The molecule has 1 N–H and O–H groups in total. The van der Waals surface area contributed by atoms with Gasteiger partial charge in [-0.05, 0) is 60.4 Å². The van der Waals surface area contributed by atoms with Crippen molar-refractivity contribution in [1.29, 1.82) is 0 Å². The molecule has 5 rings (SSSR count). The normalized spacial score (nSPS) is 14.8. The molecule has 10 heteroatoms. The van der Waals surface area contributed by atoms with Gasteiger partial charge in [0.15, 0.2) is 5.82 Å². The average Bonchev–Trinajstić information content (AvgIpc) is 2.90. The summed E-state index contributed by atoms with van der Waals surface area (Å²) in [5.74, 6) is 1.84. The van der Waals surface area contributed by atoms with E-state index in [9.17, 15) is 18.0 Å². The number of nitrogens with one attached hydrogen (secondary N) is 1. The SMILES string of the molecule is CC1CCOc2cc(Oc3ccc(C(=O)Nc4cnc(-c5ccc(C(F)(F)F)cc5)cn4)cc3)c(Cl)cc21. The van der Waals surface area contributed by atoms with E-state index in [0.29, 0.717) is 45.9 Å². The minimum atomic E-state index is -4.41. The molecule has 1 aliphatic heterocycles. The molecule has 1 aliphatic rings. The van der Waals surface area contributed by atoms with Crippen molar-refractivity contribution in [2.24, 2.45) is 0 Å². The van der Waals surface area contributed by atoms with Crippen LogP contribution in [0.1, 0.15) is 40.7 Å². The van der Waals surface area contributed by atoms with E-state index in [1.807, 2.05) is 6.07 Å². The maximum Gasteiger partial charge on any atom is 0.416 e. The van der Waals surface area contributed by atoms with Crippen LogP contribution in [0.5, 0.6) is 17.2 Å². The van der Waals surface area contributed by atoms with Gasteiger partial charge >= 0.3 is 6.18 Å². The highest BCUT2D eigenvalue weighted by Crippen LogP contribution is 2.41. The van der Waals surface area contributed by atoms with Gasteiger partial charge < -0.3 is 14.8 Å². The highest BCUT2D eigenvalue weighted by atomic mass is 35.5. The Morgan fingerprint density at radius 1 is 1.05 bits per heavy atom. The number of ether oxygens (including phenoxy) is 2. The molecular formula is C28H21ClF3N3O3. The van der Waals surface area contributed by atoms with E-state index in [2.05, 4.69) is 22.2 Å². The molecule has 1 unspecified atom stereocenters. The highest BCUT2D eigenvalue weighted by molar-refractivity contribution is 6.32. The molecule has 2 heterocycles. The lowest BCUT2D eigenvalue weighted by Gasteiger charge is -2.24. The van der Waals surface area contributed by atoms with Gasteiger partial charge in [0.25, 0.3) is 5.91 Å². The van der Waals surface area contributed by atoms with Gasteiger partial charge in [-0.2, -0.15) is 13.2 Å². The Morgan fingerprint density at radius 3 is 2.45 bits per heavy atom. The van der Waals surface area contributed by atoms with E-state index >= 15 is 0 Å². The molecule has 0 aliphatic carbocycles. The third-order valence-electron chi connectivity index (χ3n) is 6.15. The third kappa shape index (κ3) is 5.57. The molecule has 6 nitrogen and oxygen atoms in total. The first-order chi connectivity index (χ1) is 18.2. The van der Waals surface area contributed by atoms with Crippen molar-refractivity contribution in [3.05, 3.63) is 94.8 Å². The van der Waals surface area contributed by atoms with Gasteiger partial charge in [-0.25, -0.2) is 4.98 Å². The molecule has 0 bridgehead atoms. The van der Waals surface area contributed by atoms with Crippen LogP contribution in [-0.2, 0) is 6.18 Å². The molecule has 0 saturated carbocycles. The lowest BCUT2D eigenvalue weighted by molar-refractivity contribution is -0.137. The minimum absolute atomic E-state index is 0.195. The molecule has 194 valence electrons. The van der Waals surface area contributed by atoms with Crippen molar-refractivity contribution in [3.63, 3.8) is 0 Å². The van der Waals surface area contributed by atoms with Crippen LogP contribution in [0.2, 0.25) is 5.02 Å². The number of benzene rings is 3. The molecule has 4 aromatic rings. The summed E-state index contributed by atoms with van der Waals surface area (Å²) < 4.78 is 49.9. The molecule has 0 radical (unpaired) electrons. The Labute approximate surface area is 221 Å². The van der Waals surface area contributed by atoms with Crippen LogP contribution in [0.3, 0.4) is 0 Å². The van der Waals surface area contributed by atoms with E-state index in [4.69, 9.17) is 21.1 Å². The number of aromatic nitrogens is 2. The first kappa shape index (κ1) is 25.5. The van der Waals surface area contributed by atoms with Gasteiger partial charge in [-0.3, -0.25) is 9.78 Å². The summed E-state index contributed by atoms with van der Waals surface area (Å²) in [6.45, 7) is 2.77. The second kappa shape index (κ2) is 10.3. The number of fused-ring (bicyclic) bond motifs is 1. The lowest BCUT2D eigenvalue weighted by Crippen LogP contribution is -2.13. The van der Waals surface area contributed by atoms with Gasteiger partial charge in [0, 0.05) is 17.2 Å². The number of alkyl halides is 3. The molecule has 0 fully saturated rings. The zero-order valence-electron chi connectivity index (χ0n) is 20.1. The largest absolute Gasteiger partial charge is 0.493 e. The average molecular weight is 540 g/mol. The van der Waals surface area contributed by atoms with Crippen molar-refractivity contribution >= 4 is 23.3 Å². The minimum Gasteiger partial charge on any atom is -0.493 e. The number of nitrogens with zero attached hydrogens (tertiary/aromatic N) is 2.